The molecule has 0 aromatic heterocycles. The van der Waals surface area contributed by atoms with E-state index >= 15 is 0 Å². The zero-order chi connectivity index (χ0) is 8.69. The van der Waals surface area contributed by atoms with Crippen LogP contribution in [0.5, 0.6) is 0 Å². The lowest BCUT2D eigenvalue weighted by atomic mass is 10.4. The van der Waals surface area contributed by atoms with Gasteiger partial charge in [0.2, 0.25) is 5.75 Å². The summed E-state index contributed by atoms with van der Waals surface area (Å²) in [7, 11) is 0. The second-order valence-electron chi connectivity index (χ2n) is 1.53. The van der Waals surface area contributed by atoms with Gasteiger partial charge in [-0.15, -0.1) is 0 Å². The van der Waals surface area contributed by atoms with Crippen LogP contribution < -0.4 is 0 Å². The first kappa shape index (κ1) is 10.4. The van der Waals surface area contributed by atoms with Crippen molar-refractivity contribution in [3.63, 3.8) is 0 Å². The van der Waals surface area contributed by atoms with Crippen LogP contribution in [0.1, 0.15) is 0 Å². The summed E-state index contributed by atoms with van der Waals surface area (Å²) < 4.78 is 12.1. The van der Waals surface area contributed by atoms with Crippen molar-refractivity contribution in [2.75, 3.05) is 0 Å². The van der Waals surface area contributed by atoms with E-state index in [1.165, 1.54) is 12.1 Å². The summed E-state index contributed by atoms with van der Waals surface area (Å²) >= 11 is 9.72. The monoisotopic (exact) mass is 194 g/mol. The first-order chi connectivity index (χ1) is 5.20. The molecule has 4 heteroatoms. The van der Waals surface area contributed by atoms with Crippen LogP contribution >= 0.6 is 23.2 Å². The fourth-order valence-electron chi connectivity index (χ4n) is 0.460. The van der Waals surface area contributed by atoms with Crippen molar-refractivity contribution in [2.45, 2.75) is 0 Å². The predicted octanol–water partition coefficient (Wildman–Crippen LogP) is 2.89. The maximum atomic E-state index is 12.1. The number of benzene rings is 1. The van der Waals surface area contributed by atoms with Gasteiger partial charge in [-0.2, -0.15) is 0 Å². The number of carbonyl (C=O) groups excluding carboxylic acids is 1. The molecular weight excluding hydrogens is 190 g/mol. The minimum Gasteiger partial charge on any atom is -0.285 e. The van der Waals surface area contributed by atoms with Crippen molar-refractivity contribution >= 4 is 28.9 Å². The van der Waals surface area contributed by atoms with Gasteiger partial charge < -0.3 is 0 Å². The van der Waals surface area contributed by atoms with E-state index in [0.717, 1.165) is 0 Å². The molecule has 1 aromatic rings. The molecule has 0 aliphatic carbocycles. The van der Waals surface area contributed by atoms with Crippen molar-refractivity contribution in [3.05, 3.63) is 35.1 Å². The van der Waals surface area contributed by atoms with Crippen LogP contribution in [0.4, 0.5) is 4.39 Å². The smallest absolute Gasteiger partial charge is 0.208 e. The lowest BCUT2D eigenvalue weighted by Crippen LogP contribution is -1.68. The number of hydrogen-bond acceptors (Lipinski definition) is 1. The molecule has 0 heterocycles. The van der Waals surface area contributed by atoms with Gasteiger partial charge in [-0.25, -0.2) is 4.39 Å². The van der Waals surface area contributed by atoms with Crippen LogP contribution in [0.2, 0.25) is 5.02 Å². The van der Waals surface area contributed by atoms with Gasteiger partial charge in [-0.1, -0.05) is 17.7 Å². The molecule has 0 saturated heterocycles. The molecule has 0 N–H and O–H groups in total. The van der Waals surface area contributed by atoms with Gasteiger partial charge in [-0.3, -0.25) is 4.79 Å². The highest BCUT2D eigenvalue weighted by Crippen LogP contribution is 2.07. The Balaban J connectivity index is 0.000000292. The van der Waals surface area contributed by atoms with Crippen molar-refractivity contribution in [3.8, 4) is 0 Å². The number of hydrogen-bond donors (Lipinski definition) is 0. The van der Waals surface area contributed by atoms with Gasteiger partial charge in [0.05, 0.1) is 0 Å². The summed E-state index contributed by atoms with van der Waals surface area (Å²) in [5, 5.41) is 0.435. The van der Waals surface area contributed by atoms with E-state index in [0.29, 0.717) is 5.02 Å². The summed E-state index contributed by atoms with van der Waals surface area (Å²) in [5.74, 6) is -0.0718. The van der Waals surface area contributed by atoms with E-state index in [4.69, 9.17) is 16.4 Å². The van der Waals surface area contributed by atoms with Gasteiger partial charge in [0.15, 0.2) is 0 Å². The first-order valence-corrected chi connectivity index (χ1v) is 3.47. The van der Waals surface area contributed by atoms with E-state index < -0.39 is 0 Å². The summed E-state index contributed by atoms with van der Waals surface area (Å²) in [4.78, 5) is 8.57. The van der Waals surface area contributed by atoms with E-state index in [-0.39, 0.29) is 11.6 Å². The predicted molar refractivity (Wildman–Crippen MR) is 44.0 cm³/mol. The molecule has 60 valence electrons. The second-order valence-corrected chi connectivity index (χ2v) is 2.14. The second kappa shape index (κ2) is 6.13. The average Bonchev–Trinajstić information content (AvgIpc) is 1.88. The lowest BCUT2D eigenvalue weighted by molar-refractivity contribution is 0.569. The molecule has 0 unspecified atom stereocenters. The van der Waals surface area contributed by atoms with Gasteiger partial charge in [0, 0.05) is 5.02 Å². The molecule has 1 rings (SSSR count). The van der Waals surface area contributed by atoms with E-state index in [1.54, 1.807) is 12.1 Å². The molecular formula is C7H5Cl2FO. The molecule has 0 saturated carbocycles. The molecule has 0 aliphatic heterocycles. The van der Waals surface area contributed by atoms with Crippen LogP contribution in [-0.2, 0) is 4.79 Å². The third-order valence-corrected chi connectivity index (χ3v) is 1.02. The van der Waals surface area contributed by atoms with Crippen LogP contribution in [0.15, 0.2) is 24.3 Å². The summed E-state index contributed by atoms with van der Waals surface area (Å²) in [6.45, 7) is 0. The van der Waals surface area contributed by atoms with Crippen LogP contribution in [-0.4, -0.2) is 5.75 Å². The SMILES string of the molecule is Fc1cccc(Cl)c1.O=CCl. The van der Waals surface area contributed by atoms with Crippen LogP contribution in [0.3, 0.4) is 0 Å². The highest BCUT2D eigenvalue weighted by molar-refractivity contribution is 6.54. The highest BCUT2D eigenvalue weighted by atomic mass is 35.5. The third kappa shape index (κ3) is 5.83. The van der Waals surface area contributed by atoms with Gasteiger partial charge >= 0.3 is 0 Å². The van der Waals surface area contributed by atoms with Crippen molar-refractivity contribution < 1.29 is 9.18 Å². The normalized spacial score (nSPS) is 7.91. The maximum Gasteiger partial charge on any atom is 0.208 e. The van der Waals surface area contributed by atoms with Crippen LogP contribution in [0, 0.1) is 5.82 Å². The van der Waals surface area contributed by atoms with E-state index in [1.807, 2.05) is 0 Å². The zero-order valence-electron chi connectivity index (χ0n) is 5.43. The summed E-state index contributed by atoms with van der Waals surface area (Å²) in [5.41, 5.74) is 0. The summed E-state index contributed by atoms with van der Waals surface area (Å²) in [6, 6.07) is 5.82. The Bertz CT molecular complexity index is 210. The Labute approximate surface area is 73.7 Å². The maximum absolute atomic E-state index is 12.1. The van der Waals surface area contributed by atoms with Gasteiger partial charge in [-0.05, 0) is 29.8 Å². The lowest BCUT2D eigenvalue weighted by Gasteiger charge is -1.85. The van der Waals surface area contributed by atoms with Gasteiger partial charge in [0.1, 0.15) is 5.82 Å². The Hall–Kier alpha value is -0.600. The van der Waals surface area contributed by atoms with Crippen molar-refractivity contribution in [1.82, 2.24) is 0 Å². The molecule has 1 nitrogen and oxygen atoms in total. The molecule has 11 heavy (non-hydrogen) atoms. The molecule has 0 bridgehead atoms. The number of carbonyl (C=O) groups is 1. The molecule has 0 fully saturated rings. The molecule has 0 atom stereocenters. The Morgan fingerprint density at radius 1 is 1.45 bits per heavy atom. The molecule has 0 spiro atoms. The fourth-order valence-corrected chi connectivity index (χ4v) is 0.637. The number of halogens is 3. The standard InChI is InChI=1S/C6H4ClF.CHClO/c7-5-2-1-3-6(8)4-5;2-1-3/h1-4H;1H. The minimum absolute atomic E-state index is 0.222. The molecule has 0 radical (unpaired) electrons. The Kier molecular flexibility index (Phi) is 5.80. The number of rotatable bonds is 0. The Morgan fingerprint density at radius 2 is 2.00 bits per heavy atom. The van der Waals surface area contributed by atoms with E-state index in [2.05, 4.69) is 11.6 Å². The van der Waals surface area contributed by atoms with Crippen molar-refractivity contribution in [1.29, 1.82) is 0 Å². The van der Waals surface area contributed by atoms with Gasteiger partial charge in [0.25, 0.3) is 0 Å². The van der Waals surface area contributed by atoms with Crippen LogP contribution in [0.25, 0.3) is 0 Å². The minimum atomic E-state index is -0.294. The van der Waals surface area contributed by atoms with Crippen molar-refractivity contribution in [2.24, 2.45) is 0 Å². The largest absolute Gasteiger partial charge is 0.285 e. The third-order valence-electron chi connectivity index (χ3n) is 0.787. The molecule has 0 amide bonds. The zero-order valence-corrected chi connectivity index (χ0v) is 6.94. The topological polar surface area (TPSA) is 17.1 Å². The fraction of sp³-hybridized carbons (Fsp3) is 0. The molecule has 1 aromatic carbocycles. The Morgan fingerprint density at radius 3 is 2.27 bits per heavy atom. The first-order valence-electron chi connectivity index (χ1n) is 2.65. The molecule has 0 aliphatic rings. The average molecular weight is 195 g/mol. The highest BCUT2D eigenvalue weighted by Gasteiger charge is 1.86. The van der Waals surface area contributed by atoms with E-state index in [9.17, 15) is 4.39 Å². The summed E-state index contributed by atoms with van der Waals surface area (Å²) in [6.07, 6.45) is 0. The quantitative estimate of drug-likeness (QED) is 0.459.